The van der Waals surface area contributed by atoms with Crippen molar-refractivity contribution >= 4 is 5.97 Å². The molecule has 10 heavy (non-hydrogen) atoms. The van der Waals surface area contributed by atoms with Crippen LogP contribution in [0.2, 0.25) is 0 Å². The van der Waals surface area contributed by atoms with Crippen LogP contribution in [0.4, 0.5) is 0 Å². The van der Waals surface area contributed by atoms with Gasteiger partial charge in [-0.05, 0) is 19.3 Å². The number of aliphatic carboxylic acids is 1. The van der Waals surface area contributed by atoms with E-state index in [-0.39, 0.29) is 18.9 Å². The SMILES string of the molecule is O=C([O-])[C@H]1CC[C@@H](O)C1.[Li+]. The summed E-state index contributed by atoms with van der Waals surface area (Å²) in [5, 5.41) is 19.0. The minimum Gasteiger partial charge on any atom is -0.550 e. The van der Waals surface area contributed by atoms with Gasteiger partial charge in [0, 0.05) is 11.9 Å². The predicted octanol–water partition coefficient (Wildman–Crippen LogP) is -4.10. The number of hydrogen-bond acceptors (Lipinski definition) is 3. The van der Waals surface area contributed by atoms with Crippen molar-refractivity contribution in [3.05, 3.63) is 0 Å². The first-order chi connectivity index (χ1) is 4.20. The van der Waals surface area contributed by atoms with Crippen molar-refractivity contribution in [3.8, 4) is 0 Å². The first-order valence-electron chi connectivity index (χ1n) is 3.09. The van der Waals surface area contributed by atoms with Crippen LogP contribution in [-0.4, -0.2) is 17.2 Å². The van der Waals surface area contributed by atoms with Crippen molar-refractivity contribution in [2.45, 2.75) is 25.4 Å². The van der Waals surface area contributed by atoms with Crippen LogP contribution in [-0.2, 0) is 4.79 Å². The summed E-state index contributed by atoms with van der Waals surface area (Å²) in [7, 11) is 0. The number of rotatable bonds is 1. The van der Waals surface area contributed by atoms with Gasteiger partial charge in [0.1, 0.15) is 0 Å². The molecular formula is C6H9LiO3. The second-order valence-electron chi connectivity index (χ2n) is 2.48. The Balaban J connectivity index is 0.000000810. The fourth-order valence-corrected chi connectivity index (χ4v) is 1.17. The molecule has 52 valence electrons. The minimum absolute atomic E-state index is 0. The van der Waals surface area contributed by atoms with Gasteiger partial charge in [0.05, 0.1) is 6.10 Å². The number of hydrogen-bond donors (Lipinski definition) is 1. The van der Waals surface area contributed by atoms with E-state index in [0.29, 0.717) is 19.3 Å². The van der Waals surface area contributed by atoms with Gasteiger partial charge in [0.2, 0.25) is 0 Å². The van der Waals surface area contributed by atoms with Crippen molar-refractivity contribution in [2.24, 2.45) is 5.92 Å². The van der Waals surface area contributed by atoms with E-state index in [1.54, 1.807) is 0 Å². The maximum atomic E-state index is 10.1. The summed E-state index contributed by atoms with van der Waals surface area (Å²) in [6, 6.07) is 0. The van der Waals surface area contributed by atoms with Crippen LogP contribution in [0, 0.1) is 5.92 Å². The molecule has 0 aromatic carbocycles. The van der Waals surface area contributed by atoms with Gasteiger partial charge < -0.3 is 15.0 Å². The van der Waals surface area contributed by atoms with E-state index in [2.05, 4.69) is 0 Å². The molecule has 0 radical (unpaired) electrons. The first kappa shape index (κ1) is 10.0. The Bertz CT molecular complexity index is 126. The van der Waals surface area contributed by atoms with Gasteiger partial charge in [-0.1, -0.05) is 0 Å². The Morgan fingerprint density at radius 2 is 2.10 bits per heavy atom. The standard InChI is InChI=1S/C6H10O3.Li/c7-5-2-1-4(3-5)6(8)9;/h4-5,7H,1-3H2,(H,8,9);/q;+1/p-1/t4-,5+;/m0./s1. The van der Waals surface area contributed by atoms with Crippen molar-refractivity contribution < 1.29 is 33.9 Å². The van der Waals surface area contributed by atoms with Crippen LogP contribution in [0.25, 0.3) is 0 Å². The van der Waals surface area contributed by atoms with Crippen LogP contribution in [0.1, 0.15) is 19.3 Å². The van der Waals surface area contributed by atoms with Crippen molar-refractivity contribution in [1.29, 1.82) is 0 Å². The predicted molar refractivity (Wildman–Crippen MR) is 28.4 cm³/mol. The number of carbonyl (C=O) groups is 1. The zero-order valence-electron chi connectivity index (χ0n) is 6.04. The summed E-state index contributed by atoms with van der Waals surface area (Å²) in [6.45, 7) is 0. The summed E-state index contributed by atoms with van der Waals surface area (Å²) in [5.74, 6) is -1.42. The Kier molecular flexibility index (Phi) is 4.03. The van der Waals surface area contributed by atoms with E-state index in [1.807, 2.05) is 0 Å². The van der Waals surface area contributed by atoms with Gasteiger partial charge in [-0.3, -0.25) is 0 Å². The monoisotopic (exact) mass is 136 g/mol. The average Bonchev–Trinajstić information content (AvgIpc) is 2.14. The van der Waals surface area contributed by atoms with Crippen molar-refractivity contribution in [3.63, 3.8) is 0 Å². The molecule has 0 heterocycles. The Morgan fingerprint density at radius 3 is 2.30 bits per heavy atom. The van der Waals surface area contributed by atoms with Crippen LogP contribution in [0.5, 0.6) is 0 Å². The Morgan fingerprint density at radius 1 is 1.50 bits per heavy atom. The summed E-state index contributed by atoms with van der Waals surface area (Å²) in [5.41, 5.74) is 0. The summed E-state index contributed by atoms with van der Waals surface area (Å²) in [4.78, 5) is 10.1. The quantitative estimate of drug-likeness (QED) is 0.373. The largest absolute Gasteiger partial charge is 1.00 e. The number of aliphatic hydroxyl groups is 1. The number of carboxylic acids is 1. The summed E-state index contributed by atoms with van der Waals surface area (Å²) in [6.07, 6.45) is 1.15. The molecule has 0 spiro atoms. The molecule has 1 fully saturated rings. The summed E-state index contributed by atoms with van der Waals surface area (Å²) < 4.78 is 0. The van der Waals surface area contributed by atoms with Gasteiger partial charge in [-0.2, -0.15) is 0 Å². The van der Waals surface area contributed by atoms with E-state index in [9.17, 15) is 9.90 Å². The molecule has 4 heteroatoms. The van der Waals surface area contributed by atoms with E-state index in [1.165, 1.54) is 0 Å². The normalized spacial score (nSPS) is 31.3. The molecule has 0 amide bonds. The van der Waals surface area contributed by atoms with E-state index in [0.717, 1.165) is 0 Å². The van der Waals surface area contributed by atoms with E-state index < -0.39 is 18.0 Å². The maximum absolute atomic E-state index is 10.1. The van der Waals surface area contributed by atoms with Crippen molar-refractivity contribution in [1.82, 2.24) is 0 Å². The van der Waals surface area contributed by atoms with Gasteiger partial charge in [0.15, 0.2) is 0 Å². The zero-order chi connectivity index (χ0) is 6.85. The molecule has 2 atom stereocenters. The van der Waals surface area contributed by atoms with E-state index in [4.69, 9.17) is 5.11 Å². The molecule has 1 saturated carbocycles. The molecule has 1 N–H and O–H groups in total. The van der Waals surface area contributed by atoms with Gasteiger partial charge in [0.25, 0.3) is 0 Å². The molecule has 1 aliphatic carbocycles. The third-order valence-corrected chi connectivity index (χ3v) is 1.74. The third-order valence-electron chi connectivity index (χ3n) is 1.74. The Labute approximate surface area is 71.6 Å². The third kappa shape index (κ3) is 2.34. The summed E-state index contributed by atoms with van der Waals surface area (Å²) >= 11 is 0. The molecule has 0 unspecified atom stereocenters. The maximum Gasteiger partial charge on any atom is 1.00 e. The van der Waals surface area contributed by atoms with Gasteiger partial charge in [-0.25, -0.2) is 0 Å². The molecule has 3 nitrogen and oxygen atoms in total. The molecule has 0 bridgehead atoms. The molecule has 1 rings (SSSR count). The van der Waals surface area contributed by atoms with Crippen LogP contribution >= 0.6 is 0 Å². The van der Waals surface area contributed by atoms with Gasteiger partial charge >= 0.3 is 18.9 Å². The van der Waals surface area contributed by atoms with Gasteiger partial charge in [-0.15, -0.1) is 0 Å². The topological polar surface area (TPSA) is 60.4 Å². The second kappa shape index (κ2) is 4.02. The number of carboxylic acid groups (broad SMARTS) is 1. The molecule has 0 saturated heterocycles. The van der Waals surface area contributed by atoms with Crippen LogP contribution in [0.15, 0.2) is 0 Å². The van der Waals surface area contributed by atoms with Crippen LogP contribution < -0.4 is 24.0 Å². The van der Waals surface area contributed by atoms with Crippen molar-refractivity contribution in [2.75, 3.05) is 0 Å². The molecule has 0 aromatic heterocycles. The fourth-order valence-electron chi connectivity index (χ4n) is 1.17. The smallest absolute Gasteiger partial charge is 0.550 e. The molecule has 0 aliphatic heterocycles. The molecular weight excluding hydrogens is 127 g/mol. The van der Waals surface area contributed by atoms with Crippen LogP contribution in [0.3, 0.4) is 0 Å². The molecule has 1 aliphatic rings. The fraction of sp³-hybridized carbons (Fsp3) is 0.833. The zero-order valence-corrected chi connectivity index (χ0v) is 6.04. The number of carbonyl (C=O) groups excluding carboxylic acids is 1. The minimum atomic E-state index is -1.02. The first-order valence-corrected chi connectivity index (χ1v) is 3.09. The molecule has 0 aromatic rings. The number of aliphatic hydroxyl groups excluding tert-OH is 1. The second-order valence-corrected chi connectivity index (χ2v) is 2.48. The Hall–Kier alpha value is 0.0274. The van der Waals surface area contributed by atoms with E-state index >= 15 is 0 Å². The average molecular weight is 136 g/mol.